The second kappa shape index (κ2) is 5.83. The van der Waals surface area contributed by atoms with Crippen LogP contribution in [-0.2, 0) is 0 Å². The van der Waals surface area contributed by atoms with Crippen molar-refractivity contribution < 1.29 is 4.92 Å². The fraction of sp³-hybridized carbons (Fsp3) is 0.250. The van der Waals surface area contributed by atoms with Crippen molar-refractivity contribution in [1.82, 2.24) is 9.97 Å². The van der Waals surface area contributed by atoms with Crippen LogP contribution >= 0.6 is 15.9 Å². The smallest absolute Gasteiger partial charge is 0.293 e. The van der Waals surface area contributed by atoms with Gasteiger partial charge in [-0.1, -0.05) is 22.9 Å². The Labute approximate surface area is 118 Å². The van der Waals surface area contributed by atoms with Crippen molar-refractivity contribution >= 4 is 27.3 Å². The number of nitrogens with zero attached hydrogens (tertiary/aromatic N) is 2. The van der Waals surface area contributed by atoms with Crippen molar-refractivity contribution in [1.29, 1.82) is 0 Å². The standard InChI is InChI=1S/C12H13BrN4O2/c1-2-9(12-14-5-6-15-12)16-10-4-3-8(13)7-11(10)17(18)19/h3-7,9,16H,2H2,1H3,(H,14,15). The van der Waals surface area contributed by atoms with Crippen LogP contribution in [0.1, 0.15) is 25.2 Å². The molecule has 100 valence electrons. The third-order valence-corrected chi connectivity index (χ3v) is 3.24. The molecule has 0 aliphatic heterocycles. The number of nitro groups is 1. The van der Waals surface area contributed by atoms with Gasteiger partial charge >= 0.3 is 0 Å². The minimum Gasteiger partial charge on any atom is -0.370 e. The fourth-order valence-corrected chi connectivity index (χ4v) is 2.15. The summed E-state index contributed by atoms with van der Waals surface area (Å²) in [6.45, 7) is 1.99. The van der Waals surface area contributed by atoms with Crippen LogP contribution in [0.5, 0.6) is 0 Å². The maximum Gasteiger partial charge on any atom is 0.293 e. The number of aromatic nitrogens is 2. The number of hydrogen-bond donors (Lipinski definition) is 2. The molecule has 0 amide bonds. The Morgan fingerprint density at radius 1 is 1.58 bits per heavy atom. The van der Waals surface area contributed by atoms with Gasteiger partial charge in [-0.2, -0.15) is 0 Å². The number of halogens is 1. The highest BCUT2D eigenvalue weighted by molar-refractivity contribution is 9.10. The van der Waals surface area contributed by atoms with E-state index in [4.69, 9.17) is 0 Å². The van der Waals surface area contributed by atoms with Gasteiger partial charge in [0.05, 0.1) is 11.0 Å². The first-order valence-electron chi connectivity index (χ1n) is 5.81. The van der Waals surface area contributed by atoms with Gasteiger partial charge in [-0.25, -0.2) is 4.98 Å². The largest absolute Gasteiger partial charge is 0.370 e. The molecule has 0 aliphatic rings. The van der Waals surface area contributed by atoms with Crippen LogP contribution in [0.25, 0.3) is 0 Å². The number of imidazole rings is 1. The second-order valence-electron chi connectivity index (χ2n) is 4.00. The Kier molecular flexibility index (Phi) is 4.16. The molecule has 1 atom stereocenters. The van der Waals surface area contributed by atoms with E-state index in [1.807, 2.05) is 6.92 Å². The molecule has 1 aromatic carbocycles. The predicted molar refractivity (Wildman–Crippen MR) is 76.0 cm³/mol. The van der Waals surface area contributed by atoms with Gasteiger partial charge in [0.25, 0.3) is 5.69 Å². The second-order valence-corrected chi connectivity index (χ2v) is 4.91. The molecule has 0 aliphatic carbocycles. The number of anilines is 1. The SMILES string of the molecule is CCC(Nc1ccc(Br)cc1[N+](=O)[O-])c1ncc[nH]1. The van der Waals surface area contributed by atoms with Gasteiger partial charge in [-0.15, -0.1) is 0 Å². The summed E-state index contributed by atoms with van der Waals surface area (Å²) in [5.41, 5.74) is 0.524. The lowest BCUT2D eigenvalue weighted by Crippen LogP contribution is -2.12. The lowest BCUT2D eigenvalue weighted by atomic mass is 10.2. The number of H-pyrrole nitrogens is 1. The zero-order valence-corrected chi connectivity index (χ0v) is 11.8. The molecule has 2 aromatic rings. The molecule has 0 saturated carbocycles. The van der Waals surface area contributed by atoms with E-state index >= 15 is 0 Å². The third kappa shape index (κ3) is 3.11. The Bertz CT molecular complexity index is 571. The van der Waals surface area contributed by atoms with E-state index in [9.17, 15) is 10.1 Å². The first-order chi connectivity index (χ1) is 9.11. The van der Waals surface area contributed by atoms with Crippen molar-refractivity contribution in [3.8, 4) is 0 Å². The molecule has 19 heavy (non-hydrogen) atoms. The lowest BCUT2D eigenvalue weighted by molar-refractivity contribution is -0.384. The van der Waals surface area contributed by atoms with Crippen molar-refractivity contribution in [3.05, 3.63) is 51.0 Å². The highest BCUT2D eigenvalue weighted by Gasteiger charge is 2.18. The summed E-state index contributed by atoms with van der Waals surface area (Å²) in [4.78, 5) is 17.8. The minimum absolute atomic E-state index is 0.0411. The Hall–Kier alpha value is -1.89. The van der Waals surface area contributed by atoms with Crippen LogP contribution < -0.4 is 5.32 Å². The van der Waals surface area contributed by atoms with E-state index in [0.29, 0.717) is 10.2 Å². The van der Waals surface area contributed by atoms with Crippen LogP contribution in [0.2, 0.25) is 0 Å². The van der Waals surface area contributed by atoms with E-state index in [1.165, 1.54) is 6.07 Å². The summed E-state index contributed by atoms with van der Waals surface area (Å²) in [6, 6.07) is 4.85. The monoisotopic (exact) mass is 324 g/mol. The summed E-state index contributed by atoms with van der Waals surface area (Å²) in [5.74, 6) is 0.764. The van der Waals surface area contributed by atoms with Crippen LogP contribution in [0.3, 0.4) is 0 Å². The third-order valence-electron chi connectivity index (χ3n) is 2.74. The first kappa shape index (κ1) is 13.5. The number of nitro benzene ring substituents is 1. The normalized spacial score (nSPS) is 12.1. The predicted octanol–water partition coefficient (Wildman–Crippen LogP) is 3.64. The molecule has 1 heterocycles. The maximum atomic E-state index is 11.1. The van der Waals surface area contributed by atoms with E-state index in [-0.39, 0.29) is 11.7 Å². The molecule has 1 aromatic heterocycles. The number of hydrogen-bond acceptors (Lipinski definition) is 4. The number of rotatable bonds is 5. The zero-order chi connectivity index (χ0) is 13.8. The van der Waals surface area contributed by atoms with Gasteiger partial charge in [0, 0.05) is 22.9 Å². The maximum absolute atomic E-state index is 11.1. The molecule has 2 rings (SSSR count). The summed E-state index contributed by atoms with van der Waals surface area (Å²) < 4.78 is 0.677. The van der Waals surface area contributed by atoms with Crippen molar-refractivity contribution in [2.45, 2.75) is 19.4 Å². The summed E-state index contributed by atoms with van der Waals surface area (Å²) in [5, 5.41) is 14.2. The van der Waals surface area contributed by atoms with Crippen molar-refractivity contribution in [2.75, 3.05) is 5.32 Å². The van der Waals surface area contributed by atoms with Gasteiger partial charge in [-0.05, 0) is 18.6 Å². The highest BCUT2D eigenvalue weighted by Crippen LogP contribution is 2.31. The molecule has 0 saturated heterocycles. The Morgan fingerprint density at radius 3 is 2.95 bits per heavy atom. The van der Waals surface area contributed by atoms with Crippen LogP contribution in [0.4, 0.5) is 11.4 Å². The van der Waals surface area contributed by atoms with E-state index in [2.05, 4.69) is 31.2 Å². The molecule has 2 N–H and O–H groups in total. The molecule has 0 spiro atoms. The molecule has 0 radical (unpaired) electrons. The molecule has 1 unspecified atom stereocenters. The number of benzene rings is 1. The van der Waals surface area contributed by atoms with Crippen LogP contribution in [0.15, 0.2) is 35.1 Å². The Morgan fingerprint density at radius 2 is 2.37 bits per heavy atom. The van der Waals surface area contributed by atoms with Crippen molar-refractivity contribution in [3.63, 3.8) is 0 Å². The van der Waals surface area contributed by atoms with Gasteiger partial charge in [0.1, 0.15) is 11.5 Å². The molecular formula is C12H13BrN4O2. The average Bonchev–Trinajstić information content (AvgIpc) is 2.90. The Balaban J connectivity index is 2.29. The molecule has 6 nitrogen and oxygen atoms in total. The van der Waals surface area contributed by atoms with Crippen LogP contribution in [0, 0.1) is 10.1 Å². The summed E-state index contributed by atoms with van der Waals surface area (Å²) >= 11 is 3.24. The lowest BCUT2D eigenvalue weighted by Gasteiger charge is -2.16. The summed E-state index contributed by atoms with van der Waals surface area (Å²) in [7, 11) is 0. The first-order valence-corrected chi connectivity index (χ1v) is 6.61. The topological polar surface area (TPSA) is 83.8 Å². The van der Waals surface area contributed by atoms with E-state index in [0.717, 1.165) is 12.2 Å². The van der Waals surface area contributed by atoms with Crippen molar-refractivity contribution in [2.24, 2.45) is 0 Å². The number of nitrogens with one attached hydrogen (secondary N) is 2. The molecular weight excluding hydrogens is 312 g/mol. The minimum atomic E-state index is -0.401. The fourth-order valence-electron chi connectivity index (χ4n) is 1.80. The van der Waals surface area contributed by atoms with E-state index < -0.39 is 4.92 Å². The average molecular weight is 325 g/mol. The number of aromatic amines is 1. The molecule has 7 heteroatoms. The van der Waals surface area contributed by atoms with Crippen LogP contribution in [-0.4, -0.2) is 14.9 Å². The van der Waals surface area contributed by atoms with Gasteiger partial charge in [0.15, 0.2) is 0 Å². The quantitative estimate of drug-likeness (QED) is 0.649. The molecule has 0 bridgehead atoms. The highest BCUT2D eigenvalue weighted by atomic mass is 79.9. The summed E-state index contributed by atoms with van der Waals surface area (Å²) in [6.07, 6.45) is 4.16. The van der Waals surface area contributed by atoms with Gasteiger partial charge in [-0.3, -0.25) is 10.1 Å². The van der Waals surface area contributed by atoms with Gasteiger partial charge in [0.2, 0.25) is 0 Å². The van der Waals surface area contributed by atoms with E-state index in [1.54, 1.807) is 24.5 Å². The molecule has 0 fully saturated rings. The van der Waals surface area contributed by atoms with Gasteiger partial charge < -0.3 is 10.3 Å². The zero-order valence-electron chi connectivity index (χ0n) is 10.3.